The van der Waals surface area contributed by atoms with Crippen LogP contribution in [0.3, 0.4) is 0 Å². The Kier molecular flexibility index (Phi) is 3.25. The normalized spacial score (nSPS) is 37.0. The first-order valence-electron chi connectivity index (χ1n) is 8.68. The third kappa shape index (κ3) is 2.21. The number of likely N-dealkylation sites (tertiary alicyclic amines) is 2. The van der Waals surface area contributed by atoms with E-state index in [1.807, 2.05) is 22.1 Å². The van der Waals surface area contributed by atoms with Crippen molar-refractivity contribution in [3.8, 4) is 0 Å². The number of fused-ring (bicyclic) bond motifs is 2. The summed E-state index contributed by atoms with van der Waals surface area (Å²) in [6, 6.07) is 0. The van der Waals surface area contributed by atoms with Gasteiger partial charge < -0.3 is 14.5 Å². The van der Waals surface area contributed by atoms with E-state index in [-0.39, 0.29) is 29.6 Å². The number of rotatable bonds is 3. The predicted octanol–water partition coefficient (Wildman–Crippen LogP) is 0.761. The van der Waals surface area contributed by atoms with Gasteiger partial charge >= 0.3 is 0 Å². The Morgan fingerprint density at radius 3 is 2.79 bits per heavy atom. The molecule has 1 saturated carbocycles. The van der Waals surface area contributed by atoms with E-state index in [4.69, 9.17) is 4.74 Å². The van der Waals surface area contributed by atoms with Crippen molar-refractivity contribution >= 4 is 23.2 Å². The molecular formula is C17H21N3O3S. The number of carbonyl (C=O) groups excluding carboxylic acids is 2. The number of amides is 2. The van der Waals surface area contributed by atoms with E-state index < -0.39 is 0 Å². The minimum absolute atomic E-state index is 0.0106. The fraction of sp³-hybridized carbons (Fsp3) is 0.706. The average molecular weight is 347 g/mol. The van der Waals surface area contributed by atoms with Crippen molar-refractivity contribution in [2.24, 2.45) is 29.6 Å². The molecule has 0 bridgehead atoms. The zero-order valence-corrected chi connectivity index (χ0v) is 14.5. The summed E-state index contributed by atoms with van der Waals surface area (Å²) in [6.45, 7) is 6.16. The third-order valence-corrected chi connectivity index (χ3v) is 6.92. The Balaban J connectivity index is 1.21. The molecule has 1 aliphatic carbocycles. The van der Waals surface area contributed by atoms with E-state index in [0.29, 0.717) is 24.9 Å². The predicted molar refractivity (Wildman–Crippen MR) is 87.1 cm³/mol. The fourth-order valence-electron chi connectivity index (χ4n) is 4.76. The highest BCUT2D eigenvalue weighted by Gasteiger charge is 2.60. The summed E-state index contributed by atoms with van der Waals surface area (Å²) < 4.78 is 5.38. The summed E-state index contributed by atoms with van der Waals surface area (Å²) in [4.78, 5) is 33.7. The van der Waals surface area contributed by atoms with E-state index in [1.54, 1.807) is 11.3 Å². The van der Waals surface area contributed by atoms with Crippen molar-refractivity contribution in [1.82, 2.24) is 14.8 Å². The monoisotopic (exact) mass is 347 g/mol. The Morgan fingerprint density at radius 1 is 1.33 bits per heavy atom. The van der Waals surface area contributed by atoms with Gasteiger partial charge in [0.15, 0.2) is 0 Å². The van der Waals surface area contributed by atoms with E-state index in [2.05, 4.69) is 4.98 Å². The molecule has 1 aromatic heterocycles. The van der Waals surface area contributed by atoms with Gasteiger partial charge in [0.25, 0.3) is 0 Å². The van der Waals surface area contributed by atoms with Crippen LogP contribution in [0.2, 0.25) is 0 Å². The molecule has 3 saturated heterocycles. The van der Waals surface area contributed by atoms with Gasteiger partial charge in [0, 0.05) is 36.9 Å². The second kappa shape index (κ2) is 5.26. The van der Waals surface area contributed by atoms with E-state index in [1.165, 1.54) is 0 Å². The Morgan fingerprint density at radius 2 is 2.12 bits per heavy atom. The van der Waals surface area contributed by atoms with Gasteiger partial charge in [-0.3, -0.25) is 9.59 Å². The molecule has 2 amide bonds. The Labute approximate surface area is 144 Å². The molecule has 0 N–H and O–H groups in total. The lowest BCUT2D eigenvalue weighted by Crippen LogP contribution is -2.37. The Bertz CT molecular complexity index is 695. The second-order valence-electron chi connectivity index (χ2n) is 7.58. The van der Waals surface area contributed by atoms with Gasteiger partial charge in [0.1, 0.15) is 0 Å². The lowest BCUT2D eigenvalue weighted by molar-refractivity contribution is -0.135. The van der Waals surface area contributed by atoms with Crippen LogP contribution in [-0.2, 0) is 20.9 Å². The number of aromatic nitrogens is 1. The molecule has 1 aromatic rings. The maximum atomic E-state index is 12.7. The van der Waals surface area contributed by atoms with Crippen molar-refractivity contribution in [3.05, 3.63) is 16.1 Å². The van der Waals surface area contributed by atoms with E-state index >= 15 is 0 Å². The second-order valence-corrected chi connectivity index (χ2v) is 8.64. The number of nitrogens with zero attached hydrogens (tertiary/aromatic N) is 3. The van der Waals surface area contributed by atoms with Crippen LogP contribution in [0.25, 0.3) is 0 Å². The van der Waals surface area contributed by atoms with Crippen molar-refractivity contribution in [2.75, 3.05) is 32.8 Å². The van der Waals surface area contributed by atoms with Gasteiger partial charge in [0.05, 0.1) is 36.4 Å². The van der Waals surface area contributed by atoms with Crippen molar-refractivity contribution in [3.63, 3.8) is 0 Å². The van der Waals surface area contributed by atoms with Crippen LogP contribution < -0.4 is 0 Å². The maximum Gasteiger partial charge on any atom is 0.228 e. The topological polar surface area (TPSA) is 62.7 Å². The van der Waals surface area contributed by atoms with Crippen LogP contribution in [-0.4, -0.2) is 59.4 Å². The molecule has 4 heterocycles. The highest BCUT2D eigenvalue weighted by atomic mass is 32.1. The first-order valence-corrected chi connectivity index (χ1v) is 9.56. The number of hydrogen-bond donors (Lipinski definition) is 0. The summed E-state index contributed by atoms with van der Waals surface area (Å²) in [5.74, 6) is 1.79. The first kappa shape index (κ1) is 14.8. The molecule has 5 atom stereocenters. The molecule has 6 nitrogen and oxygen atoms in total. The molecule has 3 aliphatic heterocycles. The van der Waals surface area contributed by atoms with Gasteiger partial charge in [-0.2, -0.15) is 0 Å². The first-order chi connectivity index (χ1) is 11.6. The zero-order chi connectivity index (χ0) is 16.4. The molecule has 24 heavy (non-hydrogen) atoms. The Hall–Kier alpha value is -1.47. The number of hydrogen-bond acceptors (Lipinski definition) is 5. The molecule has 4 fully saturated rings. The van der Waals surface area contributed by atoms with Gasteiger partial charge in [-0.15, -0.1) is 11.3 Å². The zero-order valence-electron chi connectivity index (χ0n) is 13.7. The van der Waals surface area contributed by atoms with Crippen LogP contribution in [0.15, 0.2) is 5.38 Å². The molecule has 1 unspecified atom stereocenters. The third-order valence-electron chi connectivity index (χ3n) is 6.09. The van der Waals surface area contributed by atoms with Crippen LogP contribution in [0.4, 0.5) is 0 Å². The fourth-order valence-corrected chi connectivity index (χ4v) is 5.36. The number of ether oxygens (including phenoxy) is 1. The summed E-state index contributed by atoms with van der Waals surface area (Å²) in [5, 5.41) is 3.06. The minimum atomic E-state index is -0.0106. The smallest absolute Gasteiger partial charge is 0.228 e. The molecule has 5 rings (SSSR count). The SMILES string of the molecule is Cc1nc(CN2C[C@@H]3CN(C(=O)C4[C@H]5COC[C@@H]45)C[C@@H]3C2=O)cs1. The van der Waals surface area contributed by atoms with Gasteiger partial charge in [-0.05, 0) is 18.8 Å². The van der Waals surface area contributed by atoms with Crippen LogP contribution in [0.5, 0.6) is 0 Å². The minimum Gasteiger partial charge on any atom is -0.381 e. The lowest BCUT2D eigenvalue weighted by Gasteiger charge is -2.22. The van der Waals surface area contributed by atoms with Gasteiger partial charge in [0.2, 0.25) is 11.8 Å². The lowest BCUT2D eigenvalue weighted by atomic mass is 10.0. The number of thiazole rings is 1. The van der Waals surface area contributed by atoms with Crippen molar-refractivity contribution < 1.29 is 14.3 Å². The summed E-state index contributed by atoms with van der Waals surface area (Å²) in [6.07, 6.45) is 0. The molecule has 4 aliphatic rings. The van der Waals surface area contributed by atoms with Crippen molar-refractivity contribution in [2.45, 2.75) is 13.5 Å². The highest BCUT2D eigenvalue weighted by molar-refractivity contribution is 7.09. The van der Waals surface area contributed by atoms with Crippen LogP contribution >= 0.6 is 11.3 Å². The average Bonchev–Trinajstić information content (AvgIpc) is 3.05. The van der Waals surface area contributed by atoms with Gasteiger partial charge in [-0.25, -0.2) is 4.98 Å². The van der Waals surface area contributed by atoms with Crippen LogP contribution in [0, 0.1) is 36.5 Å². The molecule has 128 valence electrons. The summed E-state index contributed by atoms with van der Waals surface area (Å²) >= 11 is 1.62. The largest absolute Gasteiger partial charge is 0.381 e. The highest BCUT2D eigenvalue weighted by Crippen LogP contribution is 2.52. The molecule has 7 heteroatoms. The summed E-state index contributed by atoms with van der Waals surface area (Å²) in [7, 11) is 0. The van der Waals surface area contributed by atoms with Gasteiger partial charge in [-0.1, -0.05) is 0 Å². The molecule has 0 aromatic carbocycles. The standard InChI is InChI=1S/C17H21N3O3S/c1-9-18-11(8-24-9)4-19-2-10-3-20(5-12(10)16(19)21)17(22)15-13-6-23-7-14(13)15/h8,10,12-15H,2-7H2,1H3/t10-,12+,13-,14+,15?/m1/s1. The van der Waals surface area contributed by atoms with E-state index in [9.17, 15) is 9.59 Å². The van der Waals surface area contributed by atoms with Crippen LogP contribution in [0.1, 0.15) is 10.7 Å². The number of aryl methyl sites for hydroxylation is 1. The summed E-state index contributed by atoms with van der Waals surface area (Å²) in [5.41, 5.74) is 0.976. The maximum absolute atomic E-state index is 12.7. The number of carbonyl (C=O) groups is 2. The molecular weight excluding hydrogens is 326 g/mol. The molecule has 0 radical (unpaired) electrons. The quantitative estimate of drug-likeness (QED) is 0.810. The van der Waals surface area contributed by atoms with E-state index in [0.717, 1.165) is 37.0 Å². The molecule has 0 spiro atoms. The van der Waals surface area contributed by atoms with Crippen molar-refractivity contribution in [1.29, 1.82) is 0 Å².